The maximum Gasteiger partial charge on any atom is 0.408 e. The number of alkyl carbamates (subject to hydrolysis) is 1. The molecule has 0 saturated heterocycles. The standard InChI is InChI=1S/C15H29F3N4O2.HI/c1-7-19-11(20-9-8-15(16,17)18)21-10-14(5,6)22-12(23)24-13(2,3)4;/h7-10H2,1-6H3,(H,22,23)(H2,19,20,21);1H. The van der Waals surface area contributed by atoms with Crippen molar-refractivity contribution in [2.75, 3.05) is 19.6 Å². The fraction of sp³-hybridized carbons (Fsp3) is 0.867. The fourth-order valence-corrected chi connectivity index (χ4v) is 1.56. The summed E-state index contributed by atoms with van der Waals surface area (Å²) in [6.45, 7) is 11.0. The van der Waals surface area contributed by atoms with Gasteiger partial charge in [0.15, 0.2) is 5.96 Å². The lowest BCUT2D eigenvalue weighted by Crippen LogP contribution is -2.49. The maximum atomic E-state index is 12.2. The van der Waals surface area contributed by atoms with Gasteiger partial charge in [0.2, 0.25) is 0 Å². The Bertz CT molecular complexity index is 435. The Balaban J connectivity index is 0. The number of ether oxygens (including phenoxy) is 1. The van der Waals surface area contributed by atoms with Gasteiger partial charge in [0.1, 0.15) is 5.60 Å². The second kappa shape index (κ2) is 10.9. The highest BCUT2D eigenvalue weighted by Gasteiger charge is 2.27. The van der Waals surface area contributed by atoms with E-state index in [1.807, 2.05) is 6.92 Å². The first-order chi connectivity index (χ1) is 10.7. The Morgan fingerprint density at radius 3 is 2.08 bits per heavy atom. The van der Waals surface area contributed by atoms with Gasteiger partial charge in [-0.3, -0.25) is 4.99 Å². The lowest BCUT2D eigenvalue weighted by molar-refractivity contribution is -0.132. The Hall–Kier alpha value is -0.940. The summed E-state index contributed by atoms with van der Waals surface area (Å²) >= 11 is 0. The highest BCUT2D eigenvalue weighted by atomic mass is 127. The molecule has 0 saturated carbocycles. The highest BCUT2D eigenvalue weighted by molar-refractivity contribution is 14.0. The molecule has 150 valence electrons. The van der Waals surface area contributed by atoms with Crippen LogP contribution in [0.4, 0.5) is 18.0 Å². The number of nitrogens with one attached hydrogen (secondary N) is 3. The molecule has 1 amide bonds. The van der Waals surface area contributed by atoms with Crippen molar-refractivity contribution in [2.45, 2.75) is 65.3 Å². The van der Waals surface area contributed by atoms with Crippen molar-refractivity contribution in [3.05, 3.63) is 0 Å². The predicted molar refractivity (Wildman–Crippen MR) is 104 cm³/mol. The number of carbonyl (C=O) groups excluding carboxylic acids is 1. The van der Waals surface area contributed by atoms with Gasteiger partial charge in [0.05, 0.1) is 18.5 Å². The van der Waals surface area contributed by atoms with Gasteiger partial charge < -0.3 is 20.7 Å². The number of alkyl halides is 3. The molecule has 0 rings (SSSR count). The molecular formula is C15H30F3IN4O2. The van der Waals surface area contributed by atoms with E-state index in [2.05, 4.69) is 20.9 Å². The molecule has 0 aliphatic carbocycles. The first-order valence-corrected chi connectivity index (χ1v) is 7.84. The molecule has 0 heterocycles. The zero-order valence-corrected chi connectivity index (χ0v) is 18.0. The first kappa shape index (κ1) is 26.3. The van der Waals surface area contributed by atoms with E-state index in [9.17, 15) is 18.0 Å². The number of guanidine groups is 1. The van der Waals surface area contributed by atoms with Crippen molar-refractivity contribution in [3.63, 3.8) is 0 Å². The summed E-state index contributed by atoms with van der Waals surface area (Å²) in [5.74, 6) is 0.265. The molecule has 0 aromatic carbocycles. The molecule has 10 heteroatoms. The van der Waals surface area contributed by atoms with E-state index in [1.54, 1.807) is 34.6 Å². The third-order valence-corrected chi connectivity index (χ3v) is 2.52. The van der Waals surface area contributed by atoms with Gasteiger partial charge in [-0.2, -0.15) is 13.2 Å². The van der Waals surface area contributed by atoms with E-state index in [0.29, 0.717) is 6.54 Å². The molecule has 0 bridgehead atoms. The summed E-state index contributed by atoms with van der Waals surface area (Å²) in [7, 11) is 0. The fourth-order valence-electron chi connectivity index (χ4n) is 1.56. The maximum absolute atomic E-state index is 12.2. The van der Waals surface area contributed by atoms with Crippen LogP contribution in [0.3, 0.4) is 0 Å². The second-order valence-electron chi connectivity index (χ2n) is 7.00. The molecule has 0 aliphatic rings. The number of carbonyl (C=O) groups is 1. The molecule has 25 heavy (non-hydrogen) atoms. The molecule has 0 aromatic heterocycles. The van der Waals surface area contributed by atoms with Crippen molar-refractivity contribution >= 4 is 36.0 Å². The van der Waals surface area contributed by atoms with Gasteiger partial charge in [-0.15, -0.1) is 24.0 Å². The summed E-state index contributed by atoms with van der Waals surface area (Å²) in [5.41, 5.74) is -1.33. The quantitative estimate of drug-likeness (QED) is 0.308. The molecular weight excluding hydrogens is 452 g/mol. The average Bonchev–Trinajstić information content (AvgIpc) is 2.31. The van der Waals surface area contributed by atoms with E-state index >= 15 is 0 Å². The second-order valence-corrected chi connectivity index (χ2v) is 7.00. The van der Waals surface area contributed by atoms with Crippen molar-refractivity contribution in [1.82, 2.24) is 16.0 Å². The molecule has 0 spiro atoms. The minimum atomic E-state index is -4.22. The van der Waals surface area contributed by atoms with E-state index in [4.69, 9.17) is 4.74 Å². The molecule has 0 aromatic rings. The van der Waals surface area contributed by atoms with Crippen LogP contribution < -0.4 is 16.0 Å². The smallest absolute Gasteiger partial charge is 0.408 e. The summed E-state index contributed by atoms with van der Waals surface area (Å²) in [5, 5.41) is 8.16. The van der Waals surface area contributed by atoms with Crippen LogP contribution in [0, 0.1) is 0 Å². The Kier molecular flexibility index (Phi) is 11.5. The number of rotatable bonds is 6. The monoisotopic (exact) mass is 482 g/mol. The lowest BCUT2D eigenvalue weighted by atomic mass is 10.1. The average molecular weight is 482 g/mol. The van der Waals surface area contributed by atoms with Crippen molar-refractivity contribution in [3.8, 4) is 0 Å². The number of hydrogen-bond acceptors (Lipinski definition) is 3. The van der Waals surface area contributed by atoms with E-state index in [-0.39, 0.29) is 43.0 Å². The summed E-state index contributed by atoms with van der Waals surface area (Å²) in [6, 6.07) is 0. The Morgan fingerprint density at radius 2 is 1.64 bits per heavy atom. The van der Waals surface area contributed by atoms with Crippen LogP contribution in [0.15, 0.2) is 4.99 Å². The van der Waals surface area contributed by atoms with Crippen LogP contribution >= 0.6 is 24.0 Å². The number of hydrogen-bond donors (Lipinski definition) is 3. The number of aliphatic imine (C=N–C) groups is 1. The summed E-state index contributed by atoms with van der Waals surface area (Å²) < 4.78 is 41.7. The largest absolute Gasteiger partial charge is 0.444 e. The van der Waals surface area contributed by atoms with Gasteiger partial charge in [-0.05, 0) is 41.5 Å². The number of amides is 1. The summed E-state index contributed by atoms with van der Waals surface area (Å²) in [4.78, 5) is 16.0. The third-order valence-electron chi connectivity index (χ3n) is 2.52. The van der Waals surface area contributed by atoms with Crippen LogP contribution in [0.5, 0.6) is 0 Å². The zero-order valence-electron chi connectivity index (χ0n) is 15.6. The molecule has 0 unspecified atom stereocenters. The van der Waals surface area contributed by atoms with E-state index in [0.717, 1.165) is 0 Å². The molecule has 0 radical (unpaired) electrons. The van der Waals surface area contributed by atoms with Gasteiger partial charge in [0, 0.05) is 13.1 Å². The Labute approximate surface area is 164 Å². The molecule has 0 atom stereocenters. The minimum absolute atomic E-state index is 0. The van der Waals surface area contributed by atoms with Crippen LogP contribution in [0.2, 0.25) is 0 Å². The van der Waals surface area contributed by atoms with E-state index in [1.165, 1.54) is 0 Å². The molecule has 3 N–H and O–H groups in total. The minimum Gasteiger partial charge on any atom is -0.444 e. The predicted octanol–water partition coefficient (Wildman–Crippen LogP) is 3.42. The zero-order chi connectivity index (χ0) is 19.0. The van der Waals surface area contributed by atoms with Crippen LogP contribution in [0.25, 0.3) is 0 Å². The van der Waals surface area contributed by atoms with Gasteiger partial charge in [-0.25, -0.2) is 4.79 Å². The normalized spacial score (nSPS) is 12.9. The van der Waals surface area contributed by atoms with E-state index < -0.39 is 29.8 Å². The van der Waals surface area contributed by atoms with Crippen LogP contribution in [-0.2, 0) is 4.74 Å². The van der Waals surface area contributed by atoms with Gasteiger partial charge in [0.25, 0.3) is 0 Å². The topological polar surface area (TPSA) is 74.8 Å². The molecule has 0 fully saturated rings. The van der Waals surface area contributed by atoms with Crippen molar-refractivity contribution in [2.24, 2.45) is 4.99 Å². The molecule has 6 nitrogen and oxygen atoms in total. The van der Waals surface area contributed by atoms with Crippen molar-refractivity contribution < 1.29 is 22.7 Å². The highest BCUT2D eigenvalue weighted by Crippen LogP contribution is 2.18. The van der Waals surface area contributed by atoms with Gasteiger partial charge >= 0.3 is 12.3 Å². The summed E-state index contributed by atoms with van der Waals surface area (Å²) in [6.07, 6.45) is -5.74. The molecule has 0 aliphatic heterocycles. The third kappa shape index (κ3) is 16.3. The SMILES string of the molecule is CCNC(=NCC(C)(C)NC(=O)OC(C)(C)C)NCCC(F)(F)F.I. The Morgan fingerprint density at radius 1 is 1.08 bits per heavy atom. The van der Waals surface area contributed by atoms with Crippen LogP contribution in [0.1, 0.15) is 48.0 Å². The lowest BCUT2D eigenvalue weighted by Gasteiger charge is -2.27. The van der Waals surface area contributed by atoms with Crippen molar-refractivity contribution in [1.29, 1.82) is 0 Å². The van der Waals surface area contributed by atoms with Gasteiger partial charge in [-0.1, -0.05) is 0 Å². The van der Waals surface area contributed by atoms with Crippen LogP contribution in [-0.4, -0.2) is 49.0 Å². The number of halogens is 4. The number of nitrogens with zero attached hydrogens (tertiary/aromatic N) is 1. The first-order valence-electron chi connectivity index (χ1n) is 7.84.